The van der Waals surface area contributed by atoms with Crippen LogP contribution in [0.25, 0.3) is 21.1 Å². The lowest BCUT2D eigenvalue weighted by Crippen LogP contribution is -2.38. The van der Waals surface area contributed by atoms with Crippen molar-refractivity contribution in [2.75, 3.05) is 19.6 Å². The molecule has 1 fully saturated rings. The van der Waals surface area contributed by atoms with Crippen molar-refractivity contribution >= 4 is 44.3 Å². The number of aromatic nitrogens is 4. The number of fused-ring (bicyclic) bond motifs is 2. The summed E-state index contributed by atoms with van der Waals surface area (Å²) < 4.78 is 1.84. The maximum absolute atomic E-state index is 13.3. The molecule has 2 N–H and O–H groups in total. The molecule has 1 aliphatic heterocycles. The van der Waals surface area contributed by atoms with Crippen LogP contribution < -0.4 is 5.32 Å². The number of likely N-dealkylation sites (tertiary alicyclic amines) is 1. The Hall–Kier alpha value is -3.98. The molecule has 1 aliphatic rings. The van der Waals surface area contributed by atoms with Crippen LogP contribution in [-0.4, -0.2) is 56.1 Å². The Morgan fingerprint density at radius 1 is 1.10 bits per heavy atom. The summed E-state index contributed by atoms with van der Waals surface area (Å²) in [4.78, 5) is 38.4. The van der Waals surface area contributed by atoms with E-state index in [0.29, 0.717) is 25.2 Å². The number of thiophene rings is 1. The summed E-state index contributed by atoms with van der Waals surface area (Å²) in [6.45, 7) is 5.77. The molecule has 0 bridgehead atoms. The molecular weight excluding hydrogens is 508 g/mol. The van der Waals surface area contributed by atoms with E-state index in [1.165, 1.54) is 22.3 Å². The fraction of sp³-hybridized carbons (Fsp3) is 0.333. The van der Waals surface area contributed by atoms with Crippen LogP contribution in [-0.2, 0) is 13.5 Å². The molecule has 6 rings (SSSR count). The van der Waals surface area contributed by atoms with Crippen molar-refractivity contribution in [2.24, 2.45) is 7.05 Å². The highest BCUT2D eigenvalue weighted by Crippen LogP contribution is 2.33. The topological polar surface area (TPSA) is 95.9 Å². The van der Waals surface area contributed by atoms with E-state index in [4.69, 9.17) is 4.98 Å². The van der Waals surface area contributed by atoms with Gasteiger partial charge in [-0.3, -0.25) is 19.3 Å². The second-order valence-electron chi connectivity index (χ2n) is 10.4. The van der Waals surface area contributed by atoms with Gasteiger partial charge in [0.2, 0.25) is 0 Å². The summed E-state index contributed by atoms with van der Waals surface area (Å²) in [6.07, 6.45) is 4.33. The molecule has 0 atom stereocenters. The van der Waals surface area contributed by atoms with Gasteiger partial charge in [-0.1, -0.05) is 18.2 Å². The fourth-order valence-corrected chi connectivity index (χ4v) is 6.74. The van der Waals surface area contributed by atoms with Gasteiger partial charge in [0.05, 0.1) is 21.8 Å². The Bertz CT molecular complexity index is 1650. The van der Waals surface area contributed by atoms with Gasteiger partial charge in [-0.05, 0) is 62.9 Å². The molecule has 8 nitrogen and oxygen atoms in total. The van der Waals surface area contributed by atoms with E-state index < -0.39 is 0 Å². The van der Waals surface area contributed by atoms with E-state index in [9.17, 15) is 9.59 Å². The van der Waals surface area contributed by atoms with E-state index in [1.54, 1.807) is 0 Å². The van der Waals surface area contributed by atoms with Crippen LogP contribution in [0.5, 0.6) is 0 Å². The predicted octanol–water partition coefficient (Wildman–Crippen LogP) is 5.12. The van der Waals surface area contributed by atoms with Crippen LogP contribution in [0, 0.1) is 13.8 Å². The first kappa shape index (κ1) is 25.3. The lowest BCUT2D eigenvalue weighted by Gasteiger charge is -2.32. The lowest BCUT2D eigenvalue weighted by atomic mass is 9.89. The minimum atomic E-state index is -0.0925. The van der Waals surface area contributed by atoms with E-state index in [-0.39, 0.29) is 17.7 Å². The van der Waals surface area contributed by atoms with Crippen LogP contribution >= 0.6 is 11.3 Å². The molecule has 0 aliphatic carbocycles. The number of carbonyl (C=O) groups is 2. The molecule has 200 valence electrons. The maximum Gasteiger partial charge on any atom is 0.264 e. The van der Waals surface area contributed by atoms with Gasteiger partial charge in [0.15, 0.2) is 0 Å². The highest BCUT2D eigenvalue weighted by molar-refractivity contribution is 7.20. The first-order valence-corrected chi connectivity index (χ1v) is 14.2. The summed E-state index contributed by atoms with van der Waals surface area (Å²) in [6, 6.07) is 14.0. The molecule has 0 unspecified atom stereocenters. The average Bonchev–Trinajstić information content (AvgIpc) is 3.64. The van der Waals surface area contributed by atoms with Gasteiger partial charge in [-0.25, -0.2) is 0 Å². The number of hydrogen-bond acceptors (Lipinski definition) is 5. The summed E-state index contributed by atoms with van der Waals surface area (Å²) in [7, 11) is 1.91. The van der Waals surface area contributed by atoms with Crippen molar-refractivity contribution in [2.45, 2.75) is 39.0 Å². The van der Waals surface area contributed by atoms with Gasteiger partial charge in [-0.2, -0.15) is 5.10 Å². The Morgan fingerprint density at radius 2 is 1.90 bits per heavy atom. The van der Waals surface area contributed by atoms with Crippen LogP contribution in [0.1, 0.15) is 61.4 Å². The highest BCUT2D eigenvalue weighted by atomic mass is 32.1. The summed E-state index contributed by atoms with van der Waals surface area (Å²) in [5, 5.41) is 9.78. The zero-order valence-electron chi connectivity index (χ0n) is 22.5. The van der Waals surface area contributed by atoms with Crippen molar-refractivity contribution in [1.82, 2.24) is 30.0 Å². The minimum absolute atomic E-state index is 0.0708. The number of para-hydroxylation sites is 1. The van der Waals surface area contributed by atoms with Crippen molar-refractivity contribution in [3.05, 3.63) is 81.7 Å². The van der Waals surface area contributed by atoms with E-state index in [2.05, 4.69) is 27.5 Å². The maximum atomic E-state index is 13.3. The Morgan fingerprint density at radius 3 is 2.69 bits per heavy atom. The van der Waals surface area contributed by atoms with E-state index in [1.807, 2.05) is 67.0 Å². The third-order valence-corrected chi connectivity index (χ3v) is 8.93. The number of nitrogens with zero attached hydrogens (tertiary/aromatic N) is 4. The molecule has 0 radical (unpaired) electrons. The van der Waals surface area contributed by atoms with Gasteiger partial charge < -0.3 is 15.2 Å². The third-order valence-electron chi connectivity index (χ3n) is 7.74. The Labute approximate surface area is 231 Å². The van der Waals surface area contributed by atoms with E-state index in [0.717, 1.165) is 57.0 Å². The van der Waals surface area contributed by atoms with Gasteiger partial charge in [0.25, 0.3) is 11.8 Å². The zero-order chi connectivity index (χ0) is 27.1. The number of rotatable bonds is 6. The number of nitrogens with one attached hydrogen (secondary N) is 2. The molecule has 2 amide bonds. The lowest BCUT2D eigenvalue weighted by molar-refractivity contribution is 0.0715. The molecule has 1 saturated heterocycles. The number of carbonyl (C=O) groups excluding carboxylic acids is 2. The number of hydrogen-bond donors (Lipinski definition) is 2. The Balaban J connectivity index is 1.11. The second-order valence-corrected chi connectivity index (χ2v) is 11.4. The number of aromatic amines is 1. The van der Waals surface area contributed by atoms with Crippen molar-refractivity contribution in [3.63, 3.8) is 0 Å². The molecule has 39 heavy (non-hydrogen) atoms. The van der Waals surface area contributed by atoms with Gasteiger partial charge >= 0.3 is 0 Å². The standard InChI is InChI=1S/C30H32N6O2S/c1-18-8-9-23(28(37)31-13-10-21-17-32-25-7-5-4-6-22(21)25)27(33-18)20-11-14-36(15-12-20)29(38)26-16-24-19(2)34-35(3)30(24)39-26/h4-9,16-17,20,32H,10-15H2,1-3H3,(H,31,37). The number of pyridine rings is 1. The number of H-pyrrole nitrogens is 1. The van der Waals surface area contributed by atoms with E-state index >= 15 is 0 Å². The molecule has 1 aromatic carbocycles. The van der Waals surface area contributed by atoms with Crippen molar-refractivity contribution < 1.29 is 9.59 Å². The van der Waals surface area contributed by atoms with Crippen LogP contribution in [0.2, 0.25) is 0 Å². The summed E-state index contributed by atoms with van der Waals surface area (Å²) in [5.41, 5.74) is 5.61. The Kier molecular flexibility index (Phi) is 6.68. The predicted molar refractivity (Wildman–Crippen MR) is 155 cm³/mol. The first-order valence-electron chi connectivity index (χ1n) is 13.4. The van der Waals surface area contributed by atoms with Gasteiger partial charge in [-0.15, -0.1) is 11.3 Å². The molecule has 0 saturated carbocycles. The molecular formula is C30H32N6O2S. The first-order chi connectivity index (χ1) is 18.9. The molecule has 5 aromatic rings. The smallest absolute Gasteiger partial charge is 0.264 e. The highest BCUT2D eigenvalue weighted by Gasteiger charge is 2.29. The largest absolute Gasteiger partial charge is 0.361 e. The van der Waals surface area contributed by atoms with Gasteiger partial charge in [0, 0.05) is 60.8 Å². The minimum Gasteiger partial charge on any atom is -0.361 e. The number of aryl methyl sites for hydroxylation is 3. The SMILES string of the molecule is Cc1ccc(C(=O)NCCc2c[nH]c3ccccc23)c(C2CCN(C(=O)c3cc4c(C)nn(C)c4s3)CC2)n1. The second kappa shape index (κ2) is 10.3. The fourth-order valence-electron chi connectivity index (χ4n) is 5.65. The van der Waals surface area contributed by atoms with Crippen molar-refractivity contribution in [1.29, 1.82) is 0 Å². The van der Waals surface area contributed by atoms with Crippen molar-refractivity contribution in [3.8, 4) is 0 Å². The normalized spacial score (nSPS) is 14.4. The number of benzene rings is 1. The summed E-state index contributed by atoms with van der Waals surface area (Å²) >= 11 is 1.50. The monoisotopic (exact) mass is 540 g/mol. The van der Waals surface area contributed by atoms with Crippen LogP contribution in [0.15, 0.2) is 48.7 Å². The number of piperidine rings is 1. The molecule has 0 spiro atoms. The molecule has 9 heteroatoms. The van der Waals surface area contributed by atoms with Gasteiger partial charge in [0.1, 0.15) is 4.83 Å². The molecule has 4 aromatic heterocycles. The average molecular weight is 541 g/mol. The zero-order valence-corrected chi connectivity index (χ0v) is 23.3. The third kappa shape index (κ3) is 4.83. The molecule has 5 heterocycles. The quantitative estimate of drug-likeness (QED) is 0.313. The van der Waals surface area contributed by atoms with Crippen LogP contribution in [0.4, 0.5) is 0 Å². The van der Waals surface area contributed by atoms with Crippen LogP contribution in [0.3, 0.4) is 0 Å². The number of amides is 2. The summed E-state index contributed by atoms with van der Waals surface area (Å²) in [5.74, 6) is 0.115.